The molecule has 2 aromatic carbocycles. The molecule has 1 aliphatic heterocycles. The summed E-state index contributed by atoms with van der Waals surface area (Å²) in [6, 6.07) is 16.2. The third-order valence-corrected chi connectivity index (χ3v) is 4.91. The lowest BCUT2D eigenvalue weighted by Gasteiger charge is -2.34. The molecule has 0 saturated carbocycles. The average Bonchev–Trinajstić information content (AvgIpc) is 2.63. The van der Waals surface area contributed by atoms with Crippen molar-refractivity contribution in [3.05, 3.63) is 59.7 Å². The van der Waals surface area contributed by atoms with Gasteiger partial charge >= 0.3 is 5.97 Å². The average molecular weight is 352 g/mol. The SMILES string of the molecule is CC(C)OC(=O)c1cc(N)ccc1N1CCC(Cc2ccccc2)CC1. The van der Waals surface area contributed by atoms with E-state index in [1.807, 2.05) is 26.0 Å². The van der Waals surface area contributed by atoms with Crippen LogP contribution in [0.15, 0.2) is 48.5 Å². The number of esters is 1. The molecule has 0 bridgehead atoms. The maximum atomic E-state index is 12.5. The Labute approximate surface area is 156 Å². The van der Waals surface area contributed by atoms with Crippen LogP contribution in [0.5, 0.6) is 0 Å². The Morgan fingerprint density at radius 2 is 1.85 bits per heavy atom. The number of hydrogen-bond acceptors (Lipinski definition) is 4. The van der Waals surface area contributed by atoms with Crippen molar-refractivity contribution in [3.63, 3.8) is 0 Å². The molecule has 0 unspecified atom stereocenters. The molecule has 0 radical (unpaired) electrons. The first kappa shape index (κ1) is 18.3. The van der Waals surface area contributed by atoms with Crippen molar-refractivity contribution in [1.82, 2.24) is 0 Å². The molecule has 26 heavy (non-hydrogen) atoms. The summed E-state index contributed by atoms with van der Waals surface area (Å²) >= 11 is 0. The Morgan fingerprint density at radius 3 is 2.50 bits per heavy atom. The van der Waals surface area contributed by atoms with E-state index in [-0.39, 0.29) is 12.1 Å². The van der Waals surface area contributed by atoms with Crippen LogP contribution in [0.2, 0.25) is 0 Å². The minimum Gasteiger partial charge on any atom is -0.459 e. The van der Waals surface area contributed by atoms with E-state index >= 15 is 0 Å². The highest BCUT2D eigenvalue weighted by Crippen LogP contribution is 2.30. The fraction of sp³-hybridized carbons (Fsp3) is 0.409. The highest BCUT2D eigenvalue weighted by atomic mass is 16.5. The minimum atomic E-state index is -0.297. The number of carbonyl (C=O) groups is 1. The van der Waals surface area contributed by atoms with Crippen molar-refractivity contribution in [2.75, 3.05) is 23.7 Å². The summed E-state index contributed by atoms with van der Waals surface area (Å²) in [5.41, 5.74) is 9.40. The van der Waals surface area contributed by atoms with Crippen LogP contribution in [0.3, 0.4) is 0 Å². The molecule has 0 atom stereocenters. The molecule has 0 spiro atoms. The number of benzene rings is 2. The topological polar surface area (TPSA) is 55.6 Å². The van der Waals surface area contributed by atoms with E-state index in [0.717, 1.165) is 38.0 Å². The molecule has 4 nitrogen and oxygen atoms in total. The lowest BCUT2D eigenvalue weighted by atomic mass is 9.90. The van der Waals surface area contributed by atoms with Gasteiger partial charge in [0.2, 0.25) is 0 Å². The molecule has 1 aliphatic rings. The standard InChI is InChI=1S/C22H28N2O2/c1-16(2)26-22(25)20-15-19(23)8-9-21(20)24-12-10-18(11-13-24)14-17-6-4-3-5-7-17/h3-9,15-16,18H,10-14,23H2,1-2H3. The van der Waals surface area contributed by atoms with Crippen LogP contribution in [-0.4, -0.2) is 25.2 Å². The molecule has 0 aromatic heterocycles. The second-order valence-electron chi connectivity index (χ2n) is 7.35. The third-order valence-electron chi connectivity index (χ3n) is 4.91. The zero-order valence-electron chi connectivity index (χ0n) is 15.7. The number of hydrogen-bond donors (Lipinski definition) is 1. The Morgan fingerprint density at radius 1 is 1.15 bits per heavy atom. The predicted octanol–water partition coefficient (Wildman–Crippen LogP) is 4.29. The number of rotatable bonds is 5. The van der Waals surface area contributed by atoms with Crippen LogP contribution >= 0.6 is 0 Å². The van der Waals surface area contributed by atoms with Gasteiger partial charge in [0.05, 0.1) is 17.4 Å². The third kappa shape index (κ3) is 4.57. The number of ether oxygens (including phenoxy) is 1. The Bertz CT molecular complexity index is 735. The van der Waals surface area contributed by atoms with Crippen molar-refractivity contribution in [2.45, 2.75) is 39.2 Å². The van der Waals surface area contributed by atoms with E-state index in [1.54, 1.807) is 6.07 Å². The summed E-state index contributed by atoms with van der Waals surface area (Å²) in [6.45, 7) is 5.62. The van der Waals surface area contributed by atoms with Gasteiger partial charge < -0.3 is 15.4 Å². The Hall–Kier alpha value is -2.49. The lowest BCUT2D eigenvalue weighted by Crippen LogP contribution is -2.35. The van der Waals surface area contributed by atoms with Crippen molar-refractivity contribution >= 4 is 17.3 Å². The van der Waals surface area contributed by atoms with E-state index in [2.05, 4.69) is 35.2 Å². The maximum Gasteiger partial charge on any atom is 0.340 e. The monoisotopic (exact) mass is 352 g/mol. The first-order valence-electron chi connectivity index (χ1n) is 9.42. The molecule has 0 aliphatic carbocycles. The van der Waals surface area contributed by atoms with Crippen LogP contribution in [0.1, 0.15) is 42.6 Å². The molecule has 4 heteroatoms. The van der Waals surface area contributed by atoms with E-state index < -0.39 is 0 Å². The summed E-state index contributed by atoms with van der Waals surface area (Å²) < 4.78 is 5.40. The fourth-order valence-electron chi connectivity index (χ4n) is 3.60. The maximum absolute atomic E-state index is 12.5. The molecular weight excluding hydrogens is 324 g/mol. The van der Waals surface area contributed by atoms with Gasteiger partial charge in [-0.1, -0.05) is 30.3 Å². The van der Waals surface area contributed by atoms with Crippen molar-refractivity contribution in [2.24, 2.45) is 5.92 Å². The van der Waals surface area contributed by atoms with E-state index in [0.29, 0.717) is 17.2 Å². The Balaban J connectivity index is 1.68. The van der Waals surface area contributed by atoms with Gasteiger partial charge in [-0.25, -0.2) is 4.79 Å². The summed E-state index contributed by atoms with van der Waals surface area (Å²) in [4.78, 5) is 14.8. The van der Waals surface area contributed by atoms with E-state index in [1.165, 1.54) is 5.56 Å². The molecule has 138 valence electrons. The lowest BCUT2D eigenvalue weighted by molar-refractivity contribution is 0.0378. The van der Waals surface area contributed by atoms with Crippen molar-refractivity contribution in [1.29, 1.82) is 0 Å². The van der Waals surface area contributed by atoms with Gasteiger partial charge in [-0.3, -0.25) is 0 Å². The smallest absolute Gasteiger partial charge is 0.340 e. The van der Waals surface area contributed by atoms with Crippen LogP contribution in [0.25, 0.3) is 0 Å². The van der Waals surface area contributed by atoms with Gasteiger partial charge in [-0.15, -0.1) is 0 Å². The van der Waals surface area contributed by atoms with Crippen LogP contribution < -0.4 is 10.6 Å². The fourth-order valence-corrected chi connectivity index (χ4v) is 3.60. The molecule has 3 rings (SSSR count). The number of piperidine rings is 1. The highest BCUT2D eigenvalue weighted by Gasteiger charge is 2.24. The second kappa shape index (κ2) is 8.26. The van der Waals surface area contributed by atoms with Gasteiger partial charge in [-0.05, 0) is 62.8 Å². The van der Waals surface area contributed by atoms with Crippen LogP contribution in [0.4, 0.5) is 11.4 Å². The van der Waals surface area contributed by atoms with Gasteiger partial charge in [0.1, 0.15) is 0 Å². The van der Waals surface area contributed by atoms with Gasteiger partial charge in [0.15, 0.2) is 0 Å². The number of nitrogens with zero attached hydrogens (tertiary/aromatic N) is 1. The zero-order chi connectivity index (χ0) is 18.5. The van der Waals surface area contributed by atoms with E-state index in [9.17, 15) is 4.79 Å². The predicted molar refractivity (Wildman–Crippen MR) is 106 cm³/mol. The van der Waals surface area contributed by atoms with Gasteiger partial charge in [0, 0.05) is 18.8 Å². The molecule has 0 amide bonds. The summed E-state index contributed by atoms with van der Waals surface area (Å²) in [5.74, 6) is 0.391. The number of carbonyl (C=O) groups excluding carboxylic acids is 1. The second-order valence-corrected chi connectivity index (χ2v) is 7.35. The molecule has 2 N–H and O–H groups in total. The largest absolute Gasteiger partial charge is 0.459 e. The van der Waals surface area contributed by atoms with Crippen molar-refractivity contribution < 1.29 is 9.53 Å². The molecule has 1 saturated heterocycles. The zero-order valence-corrected chi connectivity index (χ0v) is 15.7. The van der Waals surface area contributed by atoms with Crippen molar-refractivity contribution in [3.8, 4) is 0 Å². The molecular formula is C22H28N2O2. The summed E-state index contributed by atoms with van der Waals surface area (Å²) in [7, 11) is 0. The summed E-state index contributed by atoms with van der Waals surface area (Å²) in [6.07, 6.45) is 3.22. The minimum absolute atomic E-state index is 0.145. The summed E-state index contributed by atoms with van der Waals surface area (Å²) in [5, 5.41) is 0. The van der Waals surface area contributed by atoms with E-state index in [4.69, 9.17) is 10.5 Å². The highest BCUT2D eigenvalue weighted by molar-refractivity contribution is 5.97. The molecule has 2 aromatic rings. The van der Waals surface area contributed by atoms with Crippen LogP contribution in [0, 0.1) is 5.92 Å². The first-order valence-corrected chi connectivity index (χ1v) is 9.42. The molecule has 1 fully saturated rings. The number of nitrogens with two attached hydrogens (primary N) is 1. The quantitative estimate of drug-likeness (QED) is 0.644. The first-order chi connectivity index (χ1) is 12.5. The van der Waals surface area contributed by atoms with Gasteiger partial charge in [-0.2, -0.15) is 0 Å². The Kier molecular flexibility index (Phi) is 5.82. The van der Waals surface area contributed by atoms with Gasteiger partial charge in [0.25, 0.3) is 0 Å². The number of nitrogen functional groups attached to an aromatic ring is 1. The number of anilines is 2. The normalized spacial score (nSPS) is 15.3. The van der Waals surface area contributed by atoms with Crippen LogP contribution in [-0.2, 0) is 11.2 Å². The molecule has 1 heterocycles.